The van der Waals surface area contributed by atoms with E-state index in [1.165, 1.54) is 18.4 Å². The third kappa shape index (κ3) is 4.62. The van der Waals surface area contributed by atoms with Crippen LogP contribution in [0.1, 0.15) is 52.7 Å². The van der Waals surface area contributed by atoms with Gasteiger partial charge in [-0.05, 0) is 57.8 Å². The monoisotopic (exact) mass is 480 g/mol. The molecule has 0 aliphatic carbocycles. The second-order valence-electron chi connectivity index (χ2n) is 8.63. The third-order valence-electron chi connectivity index (χ3n) is 6.27. The van der Waals surface area contributed by atoms with Crippen LogP contribution in [0.3, 0.4) is 0 Å². The van der Waals surface area contributed by atoms with Crippen molar-refractivity contribution in [2.45, 2.75) is 57.1 Å². The fourth-order valence-corrected chi connectivity index (χ4v) is 6.23. The second-order valence-corrected chi connectivity index (χ2v) is 11.1. The zero-order valence-corrected chi connectivity index (χ0v) is 20.8. The molecule has 4 heterocycles. The van der Waals surface area contributed by atoms with Gasteiger partial charge in [-0.1, -0.05) is 42.1 Å². The number of rotatable bonds is 7. The van der Waals surface area contributed by atoms with Gasteiger partial charge in [0.25, 0.3) is 5.56 Å². The molecule has 0 spiro atoms. The fraction of sp³-hybridized carbons (Fsp3) is 0.417. The molecule has 7 nitrogen and oxygen atoms in total. The van der Waals surface area contributed by atoms with E-state index in [0.29, 0.717) is 11.2 Å². The number of thiophene rings is 1. The molecular weight excluding hydrogens is 452 g/mol. The minimum atomic E-state index is -0.0665. The molecule has 1 N–H and O–H groups in total. The molecule has 0 radical (unpaired) electrons. The molecule has 1 aliphatic heterocycles. The van der Waals surface area contributed by atoms with Gasteiger partial charge in [0.2, 0.25) is 0 Å². The summed E-state index contributed by atoms with van der Waals surface area (Å²) in [6.07, 6.45) is 2.49. The molecule has 0 saturated carbocycles. The van der Waals surface area contributed by atoms with Crippen LogP contribution in [0.2, 0.25) is 0 Å². The van der Waals surface area contributed by atoms with Crippen molar-refractivity contribution in [2.75, 3.05) is 13.1 Å². The van der Waals surface area contributed by atoms with E-state index in [-0.39, 0.29) is 10.8 Å². The van der Waals surface area contributed by atoms with E-state index in [1.807, 2.05) is 19.9 Å². The molecule has 1 aliphatic rings. The van der Waals surface area contributed by atoms with Crippen LogP contribution in [0.25, 0.3) is 10.2 Å². The first-order chi connectivity index (χ1) is 16.0. The van der Waals surface area contributed by atoms with Gasteiger partial charge in [0.05, 0.1) is 23.7 Å². The number of nitrogens with one attached hydrogen (secondary N) is 1. The number of H-pyrrole nitrogens is 1. The molecule has 5 rings (SSSR count). The van der Waals surface area contributed by atoms with Gasteiger partial charge in [0, 0.05) is 4.88 Å². The van der Waals surface area contributed by atoms with Gasteiger partial charge >= 0.3 is 0 Å². The lowest BCUT2D eigenvalue weighted by Crippen LogP contribution is -2.21. The maximum absolute atomic E-state index is 12.8. The molecule has 1 fully saturated rings. The van der Waals surface area contributed by atoms with Crippen molar-refractivity contribution in [2.24, 2.45) is 0 Å². The highest BCUT2D eigenvalue weighted by Crippen LogP contribution is 2.34. The molecule has 9 heteroatoms. The summed E-state index contributed by atoms with van der Waals surface area (Å²) in [5.41, 5.74) is 2.17. The minimum Gasteiger partial charge on any atom is -0.309 e. The first-order valence-corrected chi connectivity index (χ1v) is 13.0. The number of aromatic nitrogens is 5. The molecule has 0 bridgehead atoms. The number of aromatic amines is 1. The molecular formula is C24H28N6OS2. The molecule has 3 aromatic heterocycles. The van der Waals surface area contributed by atoms with Crippen molar-refractivity contribution in [1.29, 1.82) is 0 Å². The smallest absolute Gasteiger partial charge is 0.259 e. The number of thioether (sulfide) groups is 1. The molecule has 1 aromatic carbocycles. The largest absolute Gasteiger partial charge is 0.309 e. The van der Waals surface area contributed by atoms with Crippen LogP contribution >= 0.6 is 23.1 Å². The van der Waals surface area contributed by atoms with Gasteiger partial charge in [0.1, 0.15) is 16.5 Å². The minimum absolute atomic E-state index is 0.0650. The van der Waals surface area contributed by atoms with Gasteiger partial charge in [-0.3, -0.25) is 9.69 Å². The quantitative estimate of drug-likeness (QED) is 0.387. The Labute approximate surface area is 201 Å². The number of hydrogen-bond donors (Lipinski definition) is 1. The van der Waals surface area contributed by atoms with E-state index in [1.54, 1.807) is 23.1 Å². The van der Waals surface area contributed by atoms with Crippen LogP contribution in [-0.4, -0.2) is 42.7 Å². The van der Waals surface area contributed by atoms with Gasteiger partial charge in [-0.2, -0.15) is 0 Å². The lowest BCUT2D eigenvalue weighted by Gasteiger charge is -2.17. The van der Waals surface area contributed by atoms with E-state index in [4.69, 9.17) is 4.98 Å². The van der Waals surface area contributed by atoms with Gasteiger partial charge in [-0.15, -0.1) is 21.5 Å². The van der Waals surface area contributed by atoms with Crippen molar-refractivity contribution < 1.29 is 0 Å². The second kappa shape index (κ2) is 9.40. The standard InChI is InChI=1S/C24H28N6OS2/c1-15-16(2)32-23-20(15)22(31)25-21(26-23)17(3)33-24-28-27-19(14-29-11-7-8-12-29)30(24)13-18-9-5-4-6-10-18/h4-6,9-10,17H,7-8,11-14H2,1-3H3,(H,25,26,31)/t17-/m1/s1. The number of hydrogen-bond acceptors (Lipinski definition) is 7. The first-order valence-electron chi connectivity index (χ1n) is 11.3. The average Bonchev–Trinajstić information content (AvgIpc) is 3.51. The van der Waals surface area contributed by atoms with E-state index in [0.717, 1.165) is 52.4 Å². The SMILES string of the molecule is Cc1sc2nc([C@@H](C)Sc3nnc(CN4CCCC4)n3Cc3ccccc3)[nH]c(=O)c2c1C. The topological polar surface area (TPSA) is 79.7 Å². The summed E-state index contributed by atoms with van der Waals surface area (Å²) in [5.74, 6) is 1.66. The summed E-state index contributed by atoms with van der Waals surface area (Å²) >= 11 is 3.17. The lowest BCUT2D eigenvalue weighted by molar-refractivity contribution is 0.316. The molecule has 1 atom stereocenters. The summed E-state index contributed by atoms with van der Waals surface area (Å²) in [7, 11) is 0. The maximum Gasteiger partial charge on any atom is 0.259 e. The Bertz CT molecular complexity index is 1320. The van der Waals surface area contributed by atoms with Crippen LogP contribution in [-0.2, 0) is 13.1 Å². The summed E-state index contributed by atoms with van der Waals surface area (Å²) < 4.78 is 2.21. The van der Waals surface area contributed by atoms with Crippen LogP contribution < -0.4 is 5.56 Å². The zero-order chi connectivity index (χ0) is 22.9. The van der Waals surface area contributed by atoms with E-state index < -0.39 is 0 Å². The Morgan fingerprint density at radius 1 is 1.12 bits per heavy atom. The lowest BCUT2D eigenvalue weighted by atomic mass is 10.2. The summed E-state index contributed by atoms with van der Waals surface area (Å²) in [6.45, 7) is 9.83. The Morgan fingerprint density at radius 2 is 1.88 bits per heavy atom. The maximum atomic E-state index is 12.8. The number of benzene rings is 1. The highest BCUT2D eigenvalue weighted by molar-refractivity contribution is 7.99. The van der Waals surface area contributed by atoms with Gasteiger partial charge in [-0.25, -0.2) is 4.98 Å². The number of aryl methyl sites for hydroxylation is 2. The number of likely N-dealkylation sites (tertiary alicyclic amines) is 1. The molecule has 0 amide bonds. The van der Waals surface area contributed by atoms with Crippen molar-refractivity contribution in [1.82, 2.24) is 29.6 Å². The fourth-order valence-electron chi connectivity index (χ4n) is 4.27. The molecule has 33 heavy (non-hydrogen) atoms. The zero-order valence-electron chi connectivity index (χ0n) is 19.2. The Balaban J connectivity index is 1.45. The summed E-state index contributed by atoms with van der Waals surface area (Å²) in [6, 6.07) is 10.4. The third-order valence-corrected chi connectivity index (χ3v) is 8.46. The van der Waals surface area contributed by atoms with Crippen LogP contribution in [0.4, 0.5) is 0 Å². The van der Waals surface area contributed by atoms with Crippen molar-refractivity contribution >= 4 is 33.3 Å². The number of nitrogens with zero attached hydrogens (tertiary/aromatic N) is 5. The highest BCUT2D eigenvalue weighted by Gasteiger charge is 2.22. The van der Waals surface area contributed by atoms with Crippen LogP contribution in [0.5, 0.6) is 0 Å². The Morgan fingerprint density at radius 3 is 2.64 bits per heavy atom. The van der Waals surface area contributed by atoms with Crippen molar-refractivity contribution in [3.8, 4) is 0 Å². The summed E-state index contributed by atoms with van der Waals surface area (Å²) in [5, 5.41) is 10.6. The van der Waals surface area contributed by atoms with Crippen LogP contribution in [0.15, 0.2) is 40.3 Å². The molecule has 172 valence electrons. The molecule has 4 aromatic rings. The van der Waals surface area contributed by atoms with Crippen LogP contribution in [0, 0.1) is 13.8 Å². The number of fused-ring (bicyclic) bond motifs is 1. The van der Waals surface area contributed by atoms with E-state index in [2.05, 4.69) is 55.8 Å². The molecule has 0 unspecified atom stereocenters. The Hall–Kier alpha value is -2.49. The van der Waals surface area contributed by atoms with Gasteiger partial charge in [0.15, 0.2) is 5.16 Å². The first kappa shape index (κ1) is 22.3. The van der Waals surface area contributed by atoms with E-state index >= 15 is 0 Å². The molecule has 1 saturated heterocycles. The summed E-state index contributed by atoms with van der Waals surface area (Å²) in [4.78, 5) is 24.9. The predicted octanol–water partition coefficient (Wildman–Crippen LogP) is 4.69. The normalized spacial score (nSPS) is 15.5. The van der Waals surface area contributed by atoms with E-state index in [9.17, 15) is 4.79 Å². The van der Waals surface area contributed by atoms with Crippen molar-refractivity contribution in [3.05, 3.63) is 68.3 Å². The predicted molar refractivity (Wildman–Crippen MR) is 134 cm³/mol. The van der Waals surface area contributed by atoms with Gasteiger partial charge < -0.3 is 9.55 Å². The average molecular weight is 481 g/mol. The van der Waals surface area contributed by atoms with Crippen molar-refractivity contribution in [3.63, 3.8) is 0 Å². The highest BCUT2D eigenvalue weighted by atomic mass is 32.2. The Kier molecular flexibility index (Phi) is 6.36.